The summed E-state index contributed by atoms with van der Waals surface area (Å²) in [6, 6.07) is 1.73. The Morgan fingerprint density at radius 3 is 2.65 bits per heavy atom. The summed E-state index contributed by atoms with van der Waals surface area (Å²) in [6.45, 7) is 6.80. The summed E-state index contributed by atoms with van der Waals surface area (Å²) in [5.74, 6) is -1.23. The third-order valence-electron chi connectivity index (χ3n) is 2.66. The van der Waals surface area contributed by atoms with E-state index in [-0.39, 0.29) is 10.7 Å². The van der Waals surface area contributed by atoms with Crippen molar-refractivity contribution in [1.29, 1.82) is 0 Å². The maximum Gasteiger partial charge on any atom is 0.337 e. The first-order valence-corrected chi connectivity index (χ1v) is 6.37. The van der Waals surface area contributed by atoms with Gasteiger partial charge in [0.1, 0.15) is 5.15 Å². The van der Waals surface area contributed by atoms with Crippen LogP contribution in [0.5, 0.6) is 0 Å². The molecule has 0 saturated carbocycles. The first-order valence-electron chi connectivity index (χ1n) is 5.99. The Balaban J connectivity index is 3.26. The van der Waals surface area contributed by atoms with Gasteiger partial charge in [-0.1, -0.05) is 25.1 Å². The largest absolute Gasteiger partial charge is 0.466 e. The Kier molecular flexibility index (Phi) is 5.70. The maximum absolute atomic E-state index is 11.6. The van der Waals surface area contributed by atoms with Crippen molar-refractivity contribution in [2.24, 2.45) is 0 Å². The molecule has 0 radical (unpaired) electrons. The summed E-state index contributed by atoms with van der Waals surface area (Å²) in [7, 11) is 1.22. The van der Waals surface area contributed by atoms with Crippen molar-refractivity contribution in [1.82, 2.24) is 4.98 Å². The van der Waals surface area contributed by atoms with Crippen molar-refractivity contribution in [2.45, 2.75) is 26.4 Å². The SMILES string of the molecule is C=C(C(=O)OC)C(OC(C)=O)c1cc(CC)cnc1Cl. The highest BCUT2D eigenvalue weighted by Gasteiger charge is 2.27. The second kappa shape index (κ2) is 7.05. The zero-order chi connectivity index (χ0) is 15.3. The van der Waals surface area contributed by atoms with Gasteiger partial charge in [-0.2, -0.15) is 0 Å². The Bertz CT molecular complexity index is 542. The van der Waals surface area contributed by atoms with Crippen molar-refractivity contribution >= 4 is 23.5 Å². The number of pyridine rings is 1. The molecule has 5 nitrogen and oxygen atoms in total. The second-order valence-electron chi connectivity index (χ2n) is 4.08. The van der Waals surface area contributed by atoms with Crippen molar-refractivity contribution in [3.63, 3.8) is 0 Å². The van der Waals surface area contributed by atoms with Crippen LogP contribution in [0.1, 0.15) is 31.1 Å². The number of carbonyl (C=O) groups is 2. The van der Waals surface area contributed by atoms with Gasteiger partial charge in [0.15, 0.2) is 6.10 Å². The van der Waals surface area contributed by atoms with Gasteiger partial charge in [-0.05, 0) is 18.1 Å². The fourth-order valence-electron chi connectivity index (χ4n) is 1.61. The molecule has 6 heteroatoms. The number of rotatable bonds is 5. The van der Waals surface area contributed by atoms with E-state index in [4.69, 9.17) is 16.3 Å². The molecule has 1 aromatic heterocycles. The molecule has 0 spiro atoms. The molecule has 0 amide bonds. The summed E-state index contributed by atoms with van der Waals surface area (Å²) >= 11 is 6.03. The van der Waals surface area contributed by atoms with Crippen LogP contribution in [0.2, 0.25) is 5.15 Å². The summed E-state index contributed by atoms with van der Waals surface area (Å²) in [5, 5.41) is 0.151. The fraction of sp³-hybridized carbons (Fsp3) is 0.357. The average molecular weight is 298 g/mol. The summed E-state index contributed by atoms with van der Waals surface area (Å²) < 4.78 is 9.74. The van der Waals surface area contributed by atoms with Gasteiger partial charge in [-0.3, -0.25) is 4.79 Å². The highest BCUT2D eigenvalue weighted by molar-refractivity contribution is 6.30. The van der Waals surface area contributed by atoms with Crippen LogP contribution in [0.3, 0.4) is 0 Å². The van der Waals surface area contributed by atoms with E-state index in [0.29, 0.717) is 5.56 Å². The van der Waals surface area contributed by atoms with Crippen LogP contribution in [-0.4, -0.2) is 24.0 Å². The van der Waals surface area contributed by atoms with E-state index in [2.05, 4.69) is 16.3 Å². The number of esters is 2. The van der Waals surface area contributed by atoms with Crippen molar-refractivity contribution in [3.8, 4) is 0 Å². The third kappa shape index (κ3) is 3.81. The highest BCUT2D eigenvalue weighted by atomic mass is 35.5. The minimum Gasteiger partial charge on any atom is -0.466 e. The van der Waals surface area contributed by atoms with E-state index in [0.717, 1.165) is 12.0 Å². The van der Waals surface area contributed by atoms with Crippen LogP contribution >= 0.6 is 11.6 Å². The molecule has 1 rings (SSSR count). The molecule has 1 aromatic rings. The van der Waals surface area contributed by atoms with Crippen LogP contribution in [0.4, 0.5) is 0 Å². The second-order valence-corrected chi connectivity index (χ2v) is 4.44. The molecule has 20 heavy (non-hydrogen) atoms. The maximum atomic E-state index is 11.6. The molecule has 0 bridgehead atoms. The monoisotopic (exact) mass is 297 g/mol. The van der Waals surface area contributed by atoms with Crippen molar-refractivity contribution < 1.29 is 19.1 Å². The Morgan fingerprint density at radius 1 is 1.50 bits per heavy atom. The molecule has 1 atom stereocenters. The van der Waals surface area contributed by atoms with Crippen LogP contribution in [0.15, 0.2) is 24.4 Å². The number of halogens is 1. The number of ether oxygens (including phenoxy) is 2. The lowest BCUT2D eigenvalue weighted by Crippen LogP contribution is -2.18. The lowest BCUT2D eigenvalue weighted by Gasteiger charge is -2.19. The predicted octanol–water partition coefficient (Wildman–Crippen LogP) is 2.63. The molecular weight excluding hydrogens is 282 g/mol. The quantitative estimate of drug-likeness (QED) is 0.475. The molecule has 0 fully saturated rings. The molecule has 0 N–H and O–H groups in total. The summed E-state index contributed by atoms with van der Waals surface area (Å²) in [6.07, 6.45) is 1.35. The van der Waals surface area contributed by atoms with Gasteiger partial charge in [-0.15, -0.1) is 0 Å². The molecule has 0 aliphatic heterocycles. The number of hydrogen-bond donors (Lipinski definition) is 0. The number of aryl methyl sites for hydroxylation is 1. The normalized spacial score (nSPS) is 11.6. The Labute approximate surface area is 122 Å². The van der Waals surface area contributed by atoms with Gasteiger partial charge < -0.3 is 9.47 Å². The minimum absolute atomic E-state index is 0.0142. The van der Waals surface area contributed by atoms with E-state index in [1.165, 1.54) is 14.0 Å². The highest BCUT2D eigenvalue weighted by Crippen LogP contribution is 2.31. The van der Waals surface area contributed by atoms with Gasteiger partial charge in [0, 0.05) is 18.7 Å². The van der Waals surface area contributed by atoms with Crippen molar-refractivity contribution in [3.05, 3.63) is 40.7 Å². The molecule has 0 aromatic carbocycles. The van der Waals surface area contributed by atoms with Gasteiger partial charge in [-0.25, -0.2) is 9.78 Å². The minimum atomic E-state index is -1.01. The fourth-order valence-corrected chi connectivity index (χ4v) is 1.82. The van der Waals surface area contributed by atoms with Crippen LogP contribution < -0.4 is 0 Å². The number of nitrogens with zero attached hydrogens (tertiary/aromatic N) is 1. The van der Waals surface area contributed by atoms with E-state index < -0.39 is 18.0 Å². The predicted molar refractivity (Wildman–Crippen MR) is 74.3 cm³/mol. The van der Waals surface area contributed by atoms with Crippen LogP contribution in [-0.2, 0) is 25.5 Å². The molecule has 0 saturated heterocycles. The van der Waals surface area contributed by atoms with E-state index in [1.807, 2.05) is 6.92 Å². The lowest BCUT2D eigenvalue weighted by molar-refractivity contribution is -0.147. The Morgan fingerprint density at radius 2 is 2.15 bits per heavy atom. The number of hydrogen-bond acceptors (Lipinski definition) is 5. The van der Waals surface area contributed by atoms with Gasteiger partial charge in [0.25, 0.3) is 0 Å². The van der Waals surface area contributed by atoms with Gasteiger partial charge >= 0.3 is 11.9 Å². The molecule has 0 aliphatic rings. The zero-order valence-electron chi connectivity index (χ0n) is 11.6. The smallest absolute Gasteiger partial charge is 0.337 e. The van der Waals surface area contributed by atoms with Gasteiger partial charge in [0.05, 0.1) is 12.7 Å². The van der Waals surface area contributed by atoms with Crippen LogP contribution in [0, 0.1) is 0 Å². The number of methoxy groups -OCH3 is 1. The Hall–Kier alpha value is -1.88. The molecule has 0 aliphatic carbocycles. The van der Waals surface area contributed by atoms with Crippen molar-refractivity contribution in [2.75, 3.05) is 7.11 Å². The molecule has 108 valence electrons. The molecular formula is C14H16ClNO4. The standard InChI is InChI=1S/C14H16ClNO4/c1-5-10-6-11(13(15)16-7-10)12(20-9(3)17)8(2)14(18)19-4/h6-7,12H,2,5H2,1,3-4H3. The topological polar surface area (TPSA) is 65.5 Å². The number of aromatic nitrogens is 1. The van der Waals surface area contributed by atoms with E-state index in [1.54, 1.807) is 12.3 Å². The van der Waals surface area contributed by atoms with Crippen LogP contribution in [0.25, 0.3) is 0 Å². The lowest BCUT2D eigenvalue weighted by atomic mass is 10.0. The first kappa shape index (κ1) is 16.2. The molecule has 1 heterocycles. The average Bonchev–Trinajstić information content (AvgIpc) is 2.43. The van der Waals surface area contributed by atoms with E-state index >= 15 is 0 Å². The summed E-state index contributed by atoms with van der Waals surface area (Å²) in [5.41, 5.74) is 1.30. The first-order chi connectivity index (χ1) is 9.40. The zero-order valence-corrected chi connectivity index (χ0v) is 12.4. The number of carbonyl (C=O) groups excluding carboxylic acids is 2. The van der Waals surface area contributed by atoms with E-state index in [9.17, 15) is 9.59 Å². The third-order valence-corrected chi connectivity index (χ3v) is 2.98. The van der Waals surface area contributed by atoms with Gasteiger partial charge in [0.2, 0.25) is 0 Å². The summed E-state index contributed by atoms with van der Waals surface area (Å²) in [4.78, 5) is 26.9. The molecule has 1 unspecified atom stereocenters.